The van der Waals surface area contributed by atoms with E-state index in [9.17, 15) is 0 Å². The molecule has 2 unspecified atom stereocenters. The largest absolute Gasteiger partial charge is 0.317 e. The molecular weight excluding hydrogens is 214 g/mol. The SMILES string of the molecule is CCNCC1CCCCC1c1ccc(C)s1. The molecule has 1 saturated carbocycles. The van der Waals surface area contributed by atoms with Gasteiger partial charge in [0.05, 0.1) is 0 Å². The minimum atomic E-state index is 0.825. The van der Waals surface area contributed by atoms with Gasteiger partial charge in [-0.15, -0.1) is 11.3 Å². The number of thiophene rings is 1. The highest BCUT2D eigenvalue weighted by Gasteiger charge is 2.26. The van der Waals surface area contributed by atoms with Gasteiger partial charge in [0.1, 0.15) is 0 Å². The van der Waals surface area contributed by atoms with Gasteiger partial charge in [-0.25, -0.2) is 0 Å². The first-order valence-corrected chi connectivity index (χ1v) is 7.40. The zero-order valence-electron chi connectivity index (χ0n) is 10.5. The second-order valence-electron chi connectivity index (χ2n) is 4.91. The van der Waals surface area contributed by atoms with Crippen LogP contribution in [0.5, 0.6) is 0 Å². The normalized spacial score (nSPS) is 25.9. The van der Waals surface area contributed by atoms with Crippen molar-refractivity contribution in [2.75, 3.05) is 13.1 Å². The Balaban J connectivity index is 2.04. The summed E-state index contributed by atoms with van der Waals surface area (Å²) in [5.74, 6) is 1.69. The van der Waals surface area contributed by atoms with Crippen LogP contribution in [0, 0.1) is 12.8 Å². The molecule has 2 heteroatoms. The van der Waals surface area contributed by atoms with Crippen molar-refractivity contribution in [1.82, 2.24) is 5.32 Å². The topological polar surface area (TPSA) is 12.0 Å². The van der Waals surface area contributed by atoms with Gasteiger partial charge < -0.3 is 5.32 Å². The second-order valence-corrected chi connectivity index (χ2v) is 6.23. The van der Waals surface area contributed by atoms with Gasteiger partial charge in [-0.05, 0) is 56.8 Å². The lowest BCUT2D eigenvalue weighted by Gasteiger charge is -2.31. The van der Waals surface area contributed by atoms with Crippen molar-refractivity contribution in [1.29, 1.82) is 0 Å². The minimum absolute atomic E-state index is 0.825. The average Bonchev–Trinajstić information content (AvgIpc) is 2.73. The van der Waals surface area contributed by atoms with Crippen molar-refractivity contribution in [3.63, 3.8) is 0 Å². The van der Waals surface area contributed by atoms with Crippen LogP contribution in [0.3, 0.4) is 0 Å². The molecule has 1 N–H and O–H groups in total. The summed E-state index contributed by atoms with van der Waals surface area (Å²) in [4.78, 5) is 3.09. The van der Waals surface area contributed by atoms with Crippen LogP contribution in [0.25, 0.3) is 0 Å². The van der Waals surface area contributed by atoms with E-state index in [1.807, 2.05) is 11.3 Å². The van der Waals surface area contributed by atoms with Crippen molar-refractivity contribution in [3.05, 3.63) is 21.9 Å². The van der Waals surface area contributed by atoms with Gasteiger partial charge in [-0.2, -0.15) is 0 Å². The summed E-state index contributed by atoms with van der Waals surface area (Å²) in [5, 5.41) is 3.53. The van der Waals surface area contributed by atoms with Crippen molar-refractivity contribution >= 4 is 11.3 Å². The van der Waals surface area contributed by atoms with Crippen LogP contribution < -0.4 is 5.32 Å². The van der Waals surface area contributed by atoms with Gasteiger partial charge in [-0.3, -0.25) is 0 Å². The molecule has 0 radical (unpaired) electrons. The van der Waals surface area contributed by atoms with Crippen LogP contribution >= 0.6 is 11.3 Å². The van der Waals surface area contributed by atoms with E-state index in [4.69, 9.17) is 0 Å². The molecule has 1 aromatic heterocycles. The van der Waals surface area contributed by atoms with Crippen LogP contribution in [-0.4, -0.2) is 13.1 Å². The molecular formula is C14H23NS. The van der Waals surface area contributed by atoms with Crippen LogP contribution in [-0.2, 0) is 0 Å². The first-order valence-electron chi connectivity index (χ1n) is 6.58. The highest BCUT2D eigenvalue weighted by molar-refractivity contribution is 7.12. The first-order chi connectivity index (χ1) is 7.81. The number of rotatable bonds is 4. The fourth-order valence-electron chi connectivity index (χ4n) is 2.81. The van der Waals surface area contributed by atoms with Gasteiger partial charge in [-0.1, -0.05) is 19.8 Å². The van der Waals surface area contributed by atoms with Crippen LogP contribution in [0.15, 0.2) is 12.1 Å². The second kappa shape index (κ2) is 5.83. The Morgan fingerprint density at radius 1 is 1.31 bits per heavy atom. The van der Waals surface area contributed by atoms with E-state index in [-0.39, 0.29) is 0 Å². The summed E-state index contributed by atoms with van der Waals surface area (Å²) in [5.41, 5.74) is 0. The maximum absolute atomic E-state index is 3.53. The Kier molecular flexibility index (Phi) is 4.42. The van der Waals surface area contributed by atoms with Gasteiger partial charge >= 0.3 is 0 Å². The average molecular weight is 237 g/mol. The fraction of sp³-hybridized carbons (Fsp3) is 0.714. The summed E-state index contributed by atoms with van der Waals surface area (Å²) >= 11 is 2.00. The maximum atomic E-state index is 3.53. The summed E-state index contributed by atoms with van der Waals surface area (Å²) in [6.07, 6.45) is 5.66. The summed E-state index contributed by atoms with van der Waals surface area (Å²) in [6.45, 7) is 6.73. The summed E-state index contributed by atoms with van der Waals surface area (Å²) < 4.78 is 0. The summed E-state index contributed by atoms with van der Waals surface area (Å²) in [7, 11) is 0. The van der Waals surface area contributed by atoms with Crippen molar-refractivity contribution in [2.24, 2.45) is 5.92 Å². The molecule has 1 nitrogen and oxygen atoms in total. The summed E-state index contributed by atoms with van der Waals surface area (Å²) in [6, 6.07) is 4.63. The van der Waals surface area contributed by atoms with E-state index in [1.54, 1.807) is 4.88 Å². The van der Waals surface area contributed by atoms with Gasteiger partial charge in [0.25, 0.3) is 0 Å². The van der Waals surface area contributed by atoms with E-state index in [1.165, 1.54) is 37.1 Å². The van der Waals surface area contributed by atoms with Crippen LogP contribution in [0.4, 0.5) is 0 Å². The van der Waals surface area contributed by atoms with Crippen LogP contribution in [0.2, 0.25) is 0 Å². The predicted octanol–water partition coefficient (Wildman–Crippen LogP) is 3.94. The lowest BCUT2D eigenvalue weighted by molar-refractivity contribution is 0.300. The minimum Gasteiger partial charge on any atom is -0.317 e. The highest BCUT2D eigenvalue weighted by Crippen LogP contribution is 2.40. The molecule has 90 valence electrons. The molecule has 0 saturated heterocycles. The molecule has 2 atom stereocenters. The fourth-order valence-corrected chi connectivity index (χ4v) is 3.91. The molecule has 0 aliphatic heterocycles. The highest BCUT2D eigenvalue weighted by atomic mass is 32.1. The Labute approximate surface area is 103 Å². The number of aryl methyl sites for hydroxylation is 1. The quantitative estimate of drug-likeness (QED) is 0.836. The van der Waals surface area contributed by atoms with Gasteiger partial charge in [0.2, 0.25) is 0 Å². The molecule has 1 fully saturated rings. The molecule has 1 aliphatic rings. The van der Waals surface area contributed by atoms with E-state index in [2.05, 4.69) is 31.3 Å². The van der Waals surface area contributed by atoms with E-state index in [0.717, 1.165) is 18.4 Å². The lowest BCUT2D eigenvalue weighted by Crippen LogP contribution is -2.29. The standard InChI is InChI=1S/C14H23NS/c1-3-15-10-12-6-4-5-7-13(12)14-9-8-11(2)16-14/h8-9,12-13,15H,3-7,10H2,1-2H3. The number of hydrogen-bond donors (Lipinski definition) is 1. The molecule has 1 aromatic rings. The molecule has 16 heavy (non-hydrogen) atoms. The monoisotopic (exact) mass is 237 g/mol. The molecule has 0 spiro atoms. The number of hydrogen-bond acceptors (Lipinski definition) is 2. The molecule has 2 rings (SSSR count). The Hall–Kier alpha value is -0.340. The third-order valence-corrected chi connectivity index (χ3v) is 4.82. The predicted molar refractivity (Wildman–Crippen MR) is 72.3 cm³/mol. The third kappa shape index (κ3) is 2.86. The Bertz CT molecular complexity index is 318. The molecule has 0 amide bonds. The van der Waals surface area contributed by atoms with E-state index >= 15 is 0 Å². The van der Waals surface area contributed by atoms with Crippen molar-refractivity contribution in [2.45, 2.75) is 45.4 Å². The molecule has 0 aromatic carbocycles. The Morgan fingerprint density at radius 3 is 2.81 bits per heavy atom. The molecule has 1 heterocycles. The van der Waals surface area contributed by atoms with Crippen molar-refractivity contribution < 1.29 is 0 Å². The van der Waals surface area contributed by atoms with Crippen molar-refractivity contribution in [3.8, 4) is 0 Å². The molecule has 1 aliphatic carbocycles. The third-order valence-electron chi connectivity index (χ3n) is 3.69. The lowest BCUT2D eigenvalue weighted by atomic mass is 9.78. The zero-order chi connectivity index (χ0) is 11.4. The van der Waals surface area contributed by atoms with E-state index < -0.39 is 0 Å². The van der Waals surface area contributed by atoms with Gasteiger partial charge in [0, 0.05) is 9.75 Å². The zero-order valence-corrected chi connectivity index (χ0v) is 11.3. The van der Waals surface area contributed by atoms with Crippen LogP contribution in [0.1, 0.15) is 48.3 Å². The maximum Gasteiger partial charge on any atom is 0.00822 e. The Morgan fingerprint density at radius 2 is 2.12 bits per heavy atom. The first kappa shape index (κ1) is 12.1. The smallest absolute Gasteiger partial charge is 0.00822 e. The van der Waals surface area contributed by atoms with Gasteiger partial charge in [0.15, 0.2) is 0 Å². The van der Waals surface area contributed by atoms with E-state index in [0.29, 0.717) is 0 Å². The number of nitrogens with one attached hydrogen (secondary N) is 1. The molecule has 0 bridgehead atoms.